The maximum atomic E-state index is 5.83. The van der Waals surface area contributed by atoms with Crippen molar-refractivity contribution < 1.29 is 4.74 Å². The third-order valence-corrected chi connectivity index (χ3v) is 2.52. The van der Waals surface area contributed by atoms with Crippen molar-refractivity contribution >= 4 is 0 Å². The second-order valence-electron chi connectivity index (χ2n) is 4.47. The fraction of sp³-hybridized carbons (Fsp3) is 0.538. The largest absolute Gasteiger partial charge is 0.492 e. The van der Waals surface area contributed by atoms with Crippen LogP contribution in [-0.2, 0) is 0 Å². The third kappa shape index (κ3) is 3.83. The first kappa shape index (κ1) is 13.0. The summed E-state index contributed by atoms with van der Waals surface area (Å²) in [6, 6.07) is 6.21. The molecule has 0 aliphatic carbocycles. The van der Waals surface area contributed by atoms with Crippen LogP contribution in [0.1, 0.15) is 24.1 Å². The van der Waals surface area contributed by atoms with E-state index < -0.39 is 0 Å². The van der Waals surface area contributed by atoms with Gasteiger partial charge in [-0.05, 0) is 45.1 Å². The van der Waals surface area contributed by atoms with Crippen LogP contribution in [0.25, 0.3) is 0 Å². The zero-order valence-corrected chi connectivity index (χ0v) is 10.7. The van der Waals surface area contributed by atoms with E-state index in [4.69, 9.17) is 10.5 Å². The Balaban J connectivity index is 2.61. The Hall–Kier alpha value is -1.06. The molecule has 0 amide bonds. The molecule has 1 rings (SSSR count). The highest BCUT2D eigenvalue weighted by molar-refractivity contribution is 5.37. The van der Waals surface area contributed by atoms with Gasteiger partial charge in [-0.2, -0.15) is 0 Å². The summed E-state index contributed by atoms with van der Waals surface area (Å²) in [6.45, 7) is 5.68. The highest BCUT2D eigenvalue weighted by Crippen LogP contribution is 2.21. The van der Waals surface area contributed by atoms with Gasteiger partial charge >= 0.3 is 0 Å². The van der Waals surface area contributed by atoms with E-state index in [9.17, 15) is 0 Å². The molecular formula is C13H22N2O. The summed E-state index contributed by atoms with van der Waals surface area (Å²) >= 11 is 0. The van der Waals surface area contributed by atoms with Crippen molar-refractivity contribution in [1.29, 1.82) is 0 Å². The van der Waals surface area contributed by atoms with Crippen LogP contribution in [-0.4, -0.2) is 32.1 Å². The number of hydrogen-bond acceptors (Lipinski definition) is 3. The van der Waals surface area contributed by atoms with E-state index in [-0.39, 0.29) is 6.04 Å². The molecule has 2 N–H and O–H groups in total. The van der Waals surface area contributed by atoms with Gasteiger partial charge in [0.25, 0.3) is 0 Å². The molecule has 3 nitrogen and oxygen atoms in total. The molecule has 0 aliphatic rings. The molecule has 0 spiro atoms. The molecule has 90 valence electrons. The van der Waals surface area contributed by atoms with Gasteiger partial charge in [0.2, 0.25) is 0 Å². The molecule has 1 aromatic carbocycles. The molecule has 0 bridgehead atoms. The Labute approximate surface area is 98.2 Å². The molecule has 1 aromatic rings. The van der Waals surface area contributed by atoms with Gasteiger partial charge in [-0.1, -0.05) is 12.1 Å². The zero-order valence-electron chi connectivity index (χ0n) is 10.7. The first-order chi connectivity index (χ1) is 7.50. The Morgan fingerprint density at radius 1 is 1.38 bits per heavy atom. The summed E-state index contributed by atoms with van der Waals surface area (Å²) in [6.07, 6.45) is 0. The summed E-state index contributed by atoms with van der Waals surface area (Å²) in [7, 11) is 4.07. The van der Waals surface area contributed by atoms with E-state index in [0.29, 0.717) is 6.61 Å². The molecule has 16 heavy (non-hydrogen) atoms. The van der Waals surface area contributed by atoms with Crippen LogP contribution in [0.3, 0.4) is 0 Å². The summed E-state index contributed by atoms with van der Waals surface area (Å²) in [5.74, 6) is 0.950. The van der Waals surface area contributed by atoms with Gasteiger partial charge in [0.15, 0.2) is 0 Å². The predicted molar refractivity (Wildman–Crippen MR) is 67.8 cm³/mol. The van der Waals surface area contributed by atoms with Crippen molar-refractivity contribution in [1.82, 2.24) is 4.90 Å². The summed E-state index contributed by atoms with van der Waals surface area (Å²) in [4.78, 5) is 2.10. The van der Waals surface area contributed by atoms with Gasteiger partial charge in [-0.15, -0.1) is 0 Å². The SMILES string of the molecule is Cc1cc([C@@H](C)N)ccc1OCCN(C)C. The molecule has 3 heteroatoms. The molecule has 0 fully saturated rings. The van der Waals surface area contributed by atoms with Crippen molar-refractivity contribution in [2.75, 3.05) is 27.2 Å². The van der Waals surface area contributed by atoms with Crippen LogP contribution in [0, 0.1) is 6.92 Å². The minimum atomic E-state index is 0.0783. The topological polar surface area (TPSA) is 38.5 Å². The number of nitrogens with zero attached hydrogens (tertiary/aromatic N) is 1. The number of benzene rings is 1. The Bertz CT molecular complexity index is 335. The molecular weight excluding hydrogens is 200 g/mol. The minimum Gasteiger partial charge on any atom is -0.492 e. The van der Waals surface area contributed by atoms with Gasteiger partial charge in [0.1, 0.15) is 12.4 Å². The van der Waals surface area contributed by atoms with Gasteiger partial charge < -0.3 is 15.4 Å². The zero-order chi connectivity index (χ0) is 12.1. The number of hydrogen-bond donors (Lipinski definition) is 1. The van der Waals surface area contributed by atoms with Crippen molar-refractivity contribution in [2.45, 2.75) is 19.9 Å². The number of aryl methyl sites for hydroxylation is 1. The smallest absolute Gasteiger partial charge is 0.122 e. The van der Waals surface area contributed by atoms with E-state index >= 15 is 0 Å². The van der Waals surface area contributed by atoms with Gasteiger partial charge in [-0.3, -0.25) is 0 Å². The Kier molecular flexibility index (Phi) is 4.77. The third-order valence-electron chi connectivity index (χ3n) is 2.52. The van der Waals surface area contributed by atoms with Crippen LogP contribution in [0.5, 0.6) is 5.75 Å². The van der Waals surface area contributed by atoms with Gasteiger partial charge in [0.05, 0.1) is 0 Å². The van der Waals surface area contributed by atoms with E-state index in [1.807, 2.05) is 33.2 Å². The van der Waals surface area contributed by atoms with Crippen molar-refractivity contribution in [3.05, 3.63) is 29.3 Å². The number of nitrogens with two attached hydrogens (primary N) is 1. The average molecular weight is 222 g/mol. The lowest BCUT2D eigenvalue weighted by molar-refractivity contribution is 0.260. The van der Waals surface area contributed by atoms with E-state index in [0.717, 1.165) is 23.4 Å². The fourth-order valence-electron chi connectivity index (χ4n) is 1.46. The summed E-state index contributed by atoms with van der Waals surface area (Å²) in [5, 5.41) is 0. The molecule has 0 saturated heterocycles. The first-order valence-corrected chi connectivity index (χ1v) is 5.64. The summed E-state index contributed by atoms with van der Waals surface area (Å²) < 4.78 is 5.70. The fourth-order valence-corrected chi connectivity index (χ4v) is 1.46. The second kappa shape index (κ2) is 5.87. The number of ether oxygens (including phenoxy) is 1. The molecule has 0 radical (unpaired) electrons. The summed E-state index contributed by atoms with van der Waals surface area (Å²) in [5.41, 5.74) is 8.12. The number of likely N-dealkylation sites (N-methyl/N-ethyl adjacent to an activating group) is 1. The average Bonchev–Trinajstić information content (AvgIpc) is 2.19. The molecule has 0 heterocycles. The minimum absolute atomic E-state index is 0.0783. The highest BCUT2D eigenvalue weighted by Gasteiger charge is 2.04. The van der Waals surface area contributed by atoms with Crippen LogP contribution >= 0.6 is 0 Å². The van der Waals surface area contributed by atoms with Crippen LogP contribution < -0.4 is 10.5 Å². The van der Waals surface area contributed by atoms with Gasteiger partial charge in [-0.25, -0.2) is 0 Å². The van der Waals surface area contributed by atoms with Crippen LogP contribution in [0.2, 0.25) is 0 Å². The maximum absolute atomic E-state index is 5.83. The van der Waals surface area contributed by atoms with E-state index in [1.165, 1.54) is 0 Å². The van der Waals surface area contributed by atoms with E-state index in [2.05, 4.69) is 17.9 Å². The lowest BCUT2D eigenvalue weighted by Crippen LogP contribution is -2.19. The highest BCUT2D eigenvalue weighted by atomic mass is 16.5. The van der Waals surface area contributed by atoms with Crippen LogP contribution in [0.4, 0.5) is 0 Å². The van der Waals surface area contributed by atoms with E-state index in [1.54, 1.807) is 0 Å². The van der Waals surface area contributed by atoms with Crippen molar-refractivity contribution in [3.8, 4) is 5.75 Å². The van der Waals surface area contributed by atoms with Crippen LogP contribution in [0.15, 0.2) is 18.2 Å². The molecule has 0 saturated carbocycles. The lowest BCUT2D eigenvalue weighted by Gasteiger charge is -2.14. The maximum Gasteiger partial charge on any atom is 0.122 e. The number of rotatable bonds is 5. The first-order valence-electron chi connectivity index (χ1n) is 5.64. The molecule has 1 atom stereocenters. The van der Waals surface area contributed by atoms with Crippen molar-refractivity contribution in [3.63, 3.8) is 0 Å². The normalized spacial score (nSPS) is 12.9. The van der Waals surface area contributed by atoms with Crippen molar-refractivity contribution in [2.24, 2.45) is 5.73 Å². The monoisotopic (exact) mass is 222 g/mol. The Morgan fingerprint density at radius 3 is 2.56 bits per heavy atom. The standard InChI is InChI=1S/C13H22N2O/c1-10-9-12(11(2)14)5-6-13(10)16-8-7-15(3)4/h5-6,9,11H,7-8,14H2,1-4H3/t11-/m1/s1. The Morgan fingerprint density at radius 2 is 2.06 bits per heavy atom. The quantitative estimate of drug-likeness (QED) is 0.827. The molecule has 0 unspecified atom stereocenters. The molecule has 0 aromatic heterocycles. The van der Waals surface area contributed by atoms with Gasteiger partial charge in [0, 0.05) is 12.6 Å². The second-order valence-corrected chi connectivity index (χ2v) is 4.47. The molecule has 0 aliphatic heterocycles. The predicted octanol–water partition coefficient (Wildman–Crippen LogP) is 1.96. The lowest BCUT2D eigenvalue weighted by atomic mass is 10.1.